The molecule has 0 aliphatic carbocycles. The van der Waals surface area contributed by atoms with Crippen LogP contribution < -0.4 is 15.8 Å². The Kier molecular flexibility index (Phi) is 6.39. The Morgan fingerprint density at radius 2 is 1.69 bits per heavy atom. The molecule has 1 amide bonds. The molecular formula is C19H25N3O3S. The summed E-state index contributed by atoms with van der Waals surface area (Å²) in [4.78, 5) is 12.5. The quantitative estimate of drug-likeness (QED) is 0.660. The van der Waals surface area contributed by atoms with E-state index in [1.54, 1.807) is 36.4 Å². The van der Waals surface area contributed by atoms with Crippen LogP contribution >= 0.6 is 0 Å². The lowest BCUT2D eigenvalue weighted by molar-refractivity contribution is 0.0942. The van der Waals surface area contributed by atoms with Gasteiger partial charge in [0.1, 0.15) is 0 Å². The number of nitrogens with one attached hydrogen (secondary N) is 2. The van der Waals surface area contributed by atoms with Crippen molar-refractivity contribution in [2.75, 3.05) is 11.3 Å². The van der Waals surface area contributed by atoms with Crippen molar-refractivity contribution in [3.8, 4) is 0 Å². The highest BCUT2D eigenvalue weighted by Crippen LogP contribution is 2.17. The number of amides is 1. The van der Waals surface area contributed by atoms with Crippen LogP contribution in [0, 0.1) is 0 Å². The Morgan fingerprint density at radius 3 is 2.31 bits per heavy atom. The molecule has 0 aliphatic rings. The predicted octanol–water partition coefficient (Wildman–Crippen LogP) is 2.73. The second-order valence-electron chi connectivity index (χ2n) is 6.25. The highest BCUT2D eigenvalue weighted by atomic mass is 32.2. The van der Waals surface area contributed by atoms with Gasteiger partial charge in [-0.3, -0.25) is 9.52 Å². The summed E-state index contributed by atoms with van der Waals surface area (Å²) in [5.74, 6) is -0.289. The number of nitrogens with two attached hydrogens (primary N) is 1. The maximum absolute atomic E-state index is 12.4. The molecule has 140 valence electrons. The molecular weight excluding hydrogens is 350 g/mol. The van der Waals surface area contributed by atoms with Crippen LogP contribution in [-0.2, 0) is 10.0 Å². The van der Waals surface area contributed by atoms with Crippen molar-refractivity contribution < 1.29 is 13.2 Å². The fraction of sp³-hybridized carbons (Fsp3) is 0.316. The molecule has 26 heavy (non-hydrogen) atoms. The lowest BCUT2D eigenvalue weighted by atomic mass is 9.94. The normalized spacial score (nSPS) is 11.8. The lowest BCUT2D eigenvalue weighted by Crippen LogP contribution is -2.49. The fourth-order valence-corrected chi connectivity index (χ4v) is 3.47. The van der Waals surface area contributed by atoms with E-state index >= 15 is 0 Å². The molecule has 0 unspecified atom stereocenters. The summed E-state index contributed by atoms with van der Waals surface area (Å²) >= 11 is 0. The molecule has 0 saturated carbocycles. The van der Waals surface area contributed by atoms with E-state index in [0.29, 0.717) is 17.8 Å². The van der Waals surface area contributed by atoms with Crippen molar-refractivity contribution >= 4 is 21.6 Å². The van der Waals surface area contributed by atoms with Crippen LogP contribution in [0.25, 0.3) is 0 Å². The SMILES string of the molecule is CCC(N)(CC)CNC(=O)c1cccc(NS(=O)(=O)c2ccccc2)c1. The molecule has 6 nitrogen and oxygen atoms in total. The Morgan fingerprint density at radius 1 is 1.04 bits per heavy atom. The van der Waals surface area contributed by atoms with Crippen molar-refractivity contribution in [1.82, 2.24) is 5.32 Å². The molecule has 0 aromatic heterocycles. The van der Waals surface area contributed by atoms with Gasteiger partial charge in [0.25, 0.3) is 15.9 Å². The average molecular weight is 375 g/mol. The van der Waals surface area contributed by atoms with Gasteiger partial charge in [0.05, 0.1) is 4.90 Å². The largest absolute Gasteiger partial charge is 0.350 e. The summed E-state index contributed by atoms with van der Waals surface area (Å²) in [6.07, 6.45) is 1.50. The average Bonchev–Trinajstić information content (AvgIpc) is 2.66. The van der Waals surface area contributed by atoms with Gasteiger partial charge < -0.3 is 11.1 Å². The van der Waals surface area contributed by atoms with E-state index in [-0.39, 0.29) is 10.8 Å². The first kappa shape index (κ1) is 19.9. The second-order valence-corrected chi connectivity index (χ2v) is 7.93. The monoisotopic (exact) mass is 375 g/mol. The van der Waals surface area contributed by atoms with Gasteiger partial charge in [-0.1, -0.05) is 38.1 Å². The Bertz CT molecular complexity index is 847. The van der Waals surface area contributed by atoms with E-state index in [4.69, 9.17) is 5.73 Å². The predicted molar refractivity (Wildman–Crippen MR) is 104 cm³/mol. The summed E-state index contributed by atoms with van der Waals surface area (Å²) in [5, 5.41) is 2.82. The first-order chi connectivity index (χ1) is 12.3. The van der Waals surface area contributed by atoms with Gasteiger partial charge in [-0.15, -0.1) is 0 Å². The summed E-state index contributed by atoms with van der Waals surface area (Å²) in [6.45, 7) is 4.32. The van der Waals surface area contributed by atoms with Crippen LogP contribution in [0.15, 0.2) is 59.5 Å². The van der Waals surface area contributed by atoms with Gasteiger partial charge in [-0.25, -0.2) is 8.42 Å². The number of benzene rings is 2. The molecule has 0 heterocycles. The topological polar surface area (TPSA) is 101 Å². The molecule has 2 rings (SSSR count). The third kappa shape index (κ3) is 5.06. The maximum atomic E-state index is 12.4. The number of hydrogen-bond acceptors (Lipinski definition) is 4. The van der Waals surface area contributed by atoms with E-state index in [9.17, 15) is 13.2 Å². The van der Waals surface area contributed by atoms with E-state index in [1.165, 1.54) is 18.2 Å². The Labute approximate surface area is 154 Å². The van der Waals surface area contributed by atoms with Crippen LogP contribution in [0.5, 0.6) is 0 Å². The summed E-state index contributed by atoms with van der Waals surface area (Å²) < 4.78 is 27.3. The standard InChI is InChI=1S/C19H25N3O3S/c1-3-19(20,4-2)14-21-18(23)15-9-8-10-16(13-15)22-26(24,25)17-11-6-5-7-12-17/h5-13,22H,3-4,14,20H2,1-2H3,(H,21,23). The number of rotatable bonds is 8. The fourth-order valence-electron chi connectivity index (χ4n) is 2.40. The first-order valence-corrected chi connectivity index (χ1v) is 10.0. The number of sulfonamides is 1. The summed E-state index contributed by atoms with van der Waals surface area (Å²) in [6, 6.07) is 14.4. The molecule has 0 aliphatic heterocycles. The molecule has 2 aromatic carbocycles. The third-order valence-corrected chi connectivity index (χ3v) is 5.84. The molecule has 0 spiro atoms. The molecule has 2 aromatic rings. The van der Waals surface area contributed by atoms with Crippen molar-refractivity contribution in [3.05, 3.63) is 60.2 Å². The highest BCUT2D eigenvalue weighted by molar-refractivity contribution is 7.92. The smallest absolute Gasteiger partial charge is 0.261 e. The van der Waals surface area contributed by atoms with Gasteiger partial charge in [0.15, 0.2) is 0 Å². The third-order valence-electron chi connectivity index (χ3n) is 4.44. The first-order valence-electron chi connectivity index (χ1n) is 8.54. The highest BCUT2D eigenvalue weighted by Gasteiger charge is 2.21. The second kappa shape index (κ2) is 8.33. The zero-order valence-corrected chi connectivity index (χ0v) is 15.8. The van der Waals surface area contributed by atoms with E-state index in [1.807, 2.05) is 13.8 Å². The van der Waals surface area contributed by atoms with Crippen molar-refractivity contribution in [2.45, 2.75) is 37.1 Å². The Balaban J connectivity index is 2.11. The van der Waals surface area contributed by atoms with Crippen LogP contribution in [0.3, 0.4) is 0 Å². The minimum absolute atomic E-state index is 0.161. The molecule has 7 heteroatoms. The van der Waals surface area contributed by atoms with Gasteiger partial charge in [-0.2, -0.15) is 0 Å². The number of carbonyl (C=O) groups is 1. The van der Waals surface area contributed by atoms with Crippen LogP contribution in [0.2, 0.25) is 0 Å². The van der Waals surface area contributed by atoms with Crippen LogP contribution in [0.1, 0.15) is 37.0 Å². The molecule has 0 fully saturated rings. The zero-order chi connectivity index (χ0) is 19.2. The summed E-state index contributed by atoms with van der Waals surface area (Å²) in [5.41, 5.74) is 6.45. The van der Waals surface area contributed by atoms with Gasteiger partial charge in [0.2, 0.25) is 0 Å². The molecule has 0 bridgehead atoms. The number of hydrogen-bond donors (Lipinski definition) is 3. The minimum Gasteiger partial charge on any atom is -0.350 e. The van der Waals surface area contributed by atoms with Crippen LogP contribution in [-0.4, -0.2) is 26.4 Å². The number of anilines is 1. The van der Waals surface area contributed by atoms with Gasteiger partial charge in [-0.05, 0) is 43.2 Å². The van der Waals surface area contributed by atoms with Crippen LogP contribution in [0.4, 0.5) is 5.69 Å². The van der Waals surface area contributed by atoms with Crippen molar-refractivity contribution in [1.29, 1.82) is 0 Å². The van der Waals surface area contributed by atoms with Crippen molar-refractivity contribution in [3.63, 3.8) is 0 Å². The molecule has 0 radical (unpaired) electrons. The molecule has 0 atom stereocenters. The lowest BCUT2D eigenvalue weighted by Gasteiger charge is -2.26. The zero-order valence-electron chi connectivity index (χ0n) is 15.0. The van der Waals surface area contributed by atoms with Gasteiger partial charge in [0, 0.05) is 23.3 Å². The van der Waals surface area contributed by atoms with E-state index < -0.39 is 15.6 Å². The molecule has 0 saturated heterocycles. The van der Waals surface area contributed by atoms with Crippen molar-refractivity contribution in [2.24, 2.45) is 5.73 Å². The summed E-state index contributed by atoms with van der Waals surface area (Å²) in [7, 11) is -3.70. The maximum Gasteiger partial charge on any atom is 0.261 e. The number of carbonyl (C=O) groups excluding carboxylic acids is 1. The van der Waals surface area contributed by atoms with Gasteiger partial charge >= 0.3 is 0 Å². The Hall–Kier alpha value is -2.38. The minimum atomic E-state index is -3.70. The molecule has 4 N–H and O–H groups in total. The van der Waals surface area contributed by atoms with E-state index in [2.05, 4.69) is 10.0 Å². The van der Waals surface area contributed by atoms with E-state index in [0.717, 1.165) is 12.8 Å².